The van der Waals surface area contributed by atoms with Crippen LogP contribution in [0, 0.1) is 0 Å². The molecule has 116 valence electrons. The van der Waals surface area contributed by atoms with Crippen molar-refractivity contribution in [1.29, 1.82) is 0 Å². The molecule has 6 heteroatoms. The molecule has 0 saturated heterocycles. The molecule has 0 radical (unpaired) electrons. The SMILES string of the molecule is CC(C)(C)c1ccc(O)cc1.O=C(O)CO.OCCO. The van der Waals surface area contributed by atoms with E-state index < -0.39 is 12.6 Å². The zero-order valence-corrected chi connectivity index (χ0v) is 12.1. The van der Waals surface area contributed by atoms with E-state index in [1.54, 1.807) is 12.1 Å². The number of aliphatic hydroxyl groups excluding tert-OH is 3. The Kier molecular flexibility index (Phi) is 11.6. The first kappa shape index (κ1) is 20.7. The van der Waals surface area contributed by atoms with Gasteiger partial charge < -0.3 is 25.5 Å². The lowest BCUT2D eigenvalue weighted by Crippen LogP contribution is -2.10. The van der Waals surface area contributed by atoms with Crippen molar-refractivity contribution in [3.63, 3.8) is 0 Å². The smallest absolute Gasteiger partial charge is 0.329 e. The lowest BCUT2D eigenvalue weighted by atomic mass is 9.87. The first-order valence-corrected chi connectivity index (χ1v) is 6.02. The molecule has 0 aliphatic carbocycles. The van der Waals surface area contributed by atoms with Gasteiger partial charge in [-0.05, 0) is 23.1 Å². The number of rotatable bonds is 2. The van der Waals surface area contributed by atoms with Crippen LogP contribution in [-0.2, 0) is 10.2 Å². The van der Waals surface area contributed by atoms with Crippen molar-refractivity contribution in [3.8, 4) is 5.75 Å². The Bertz CT molecular complexity index is 351. The van der Waals surface area contributed by atoms with Gasteiger partial charge in [-0.1, -0.05) is 32.9 Å². The van der Waals surface area contributed by atoms with Crippen LogP contribution in [0.4, 0.5) is 0 Å². The van der Waals surface area contributed by atoms with Crippen LogP contribution in [0.25, 0.3) is 0 Å². The van der Waals surface area contributed by atoms with Gasteiger partial charge in [0.15, 0.2) is 0 Å². The predicted molar refractivity (Wildman–Crippen MR) is 75.7 cm³/mol. The molecule has 0 unspecified atom stereocenters. The van der Waals surface area contributed by atoms with Crippen LogP contribution in [0.3, 0.4) is 0 Å². The predicted octanol–water partition coefficient (Wildman–Crippen LogP) is 0.724. The van der Waals surface area contributed by atoms with E-state index in [-0.39, 0.29) is 18.6 Å². The molecule has 0 saturated carbocycles. The Morgan fingerprint density at radius 3 is 1.55 bits per heavy atom. The third-order valence-electron chi connectivity index (χ3n) is 1.97. The first-order chi connectivity index (χ1) is 9.18. The lowest BCUT2D eigenvalue weighted by Gasteiger charge is -2.18. The third kappa shape index (κ3) is 12.8. The number of aromatic hydroxyl groups is 1. The summed E-state index contributed by atoms with van der Waals surface area (Å²) < 4.78 is 0. The van der Waals surface area contributed by atoms with Crippen LogP contribution >= 0.6 is 0 Å². The highest BCUT2D eigenvalue weighted by Gasteiger charge is 2.12. The van der Waals surface area contributed by atoms with Crippen LogP contribution in [0.1, 0.15) is 26.3 Å². The fourth-order valence-corrected chi connectivity index (χ4v) is 0.961. The van der Waals surface area contributed by atoms with E-state index in [0.29, 0.717) is 5.75 Å². The standard InChI is InChI=1S/C10H14O.C2H4O3.C2H6O2/c1-10(2,3)8-4-6-9(11)7-5-8;3-1-2(4)5;3-1-2-4/h4-7,11H,1-3H3;3H,1H2,(H,4,5);3-4H,1-2H2. The van der Waals surface area contributed by atoms with Crippen molar-refractivity contribution < 1.29 is 30.3 Å². The zero-order chi connectivity index (χ0) is 16.2. The molecule has 0 aromatic heterocycles. The summed E-state index contributed by atoms with van der Waals surface area (Å²) in [5.74, 6) is -0.858. The Labute approximate surface area is 118 Å². The molecular weight excluding hydrogens is 264 g/mol. The Morgan fingerprint density at radius 2 is 1.35 bits per heavy atom. The number of hydrogen-bond acceptors (Lipinski definition) is 5. The fraction of sp³-hybridized carbons (Fsp3) is 0.500. The minimum atomic E-state index is -1.19. The van der Waals surface area contributed by atoms with E-state index in [4.69, 9.17) is 30.3 Å². The summed E-state index contributed by atoms with van der Waals surface area (Å²) in [6, 6.07) is 7.35. The van der Waals surface area contributed by atoms with Crippen molar-refractivity contribution in [2.75, 3.05) is 19.8 Å². The van der Waals surface area contributed by atoms with Gasteiger partial charge in [0.1, 0.15) is 12.4 Å². The molecule has 0 heterocycles. The molecular formula is C14H24O6. The van der Waals surface area contributed by atoms with Gasteiger partial charge in [0, 0.05) is 0 Å². The summed E-state index contributed by atoms with van der Waals surface area (Å²) in [4.78, 5) is 9.12. The highest BCUT2D eigenvalue weighted by molar-refractivity contribution is 5.67. The average Bonchev–Trinajstić information content (AvgIpc) is 2.39. The van der Waals surface area contributed by atoms with E-state index in [2.05, 4.69) is 20.8 Å². The molecule has 0 bridgehead atoms. The fourth-order valence-electron chi connectivity index (χ4n) is 0.961. The molecule has 1 rings (SSSR count). The van der Waals surface area contributed by atoms with E-state index in [0.717, 1.165) is 0 Å². The molecule has 6 nitrogen and oxygen atoms in total. The molecule has 1 aromatic rings. The third-order valence-corrected chi connectivity index (χ3v) is 1.97. The second kappa shape index (κ2) is 11.2. The molecule has 5 N–H and O–H groups in total. The number of carboxylic acid groups (broad SMARTS) is 1. The molecule has 0 spiro atoms. The average molecular weight is 288 g/mol. The van der Waals surface area contributed by atoms with Gasteiger partial charge in [-0.2, -0.15) is 0 Å². The number of benzene rings is 1. The maximum atomic E-state index is 9.12. The normalized spacial score (nSPS) is 9.70. The maximum Gasteiger partial charge on any atom is 0.329 e. The highest BCUT2D eigenvalue weighted by Crippen LogP contribution is 2.23. The summed E-state index contributed by atoms with van der Waals surface area (Å²) in [7, 11) is 0. The van der Waals surface area contributed by atoms with E-state index in [9.17, 15) is 0 Å². The van der Waals surface area contributed by atoms with Gasteiger partial charge >= 0.3 is 5.97 Å². The lowest BCUT2D eigenvalue weighted by molar-refractivity contribution is -0.140. The first-order valence-electron chi connectivity index (χ1n) is 6.02. The molecule has 20 heavy (non-hydrogen) atoms. The summed E-state index contributed by atoms with van der Waals surface area (Å²) in [5, 5.41) is 39.3. The summed E-state index contributed by atoms with van der Waals surface area (Å²) >= 11 is 0. The summed E-state index contributed by atoms with van der Waals surface area (Å²) in [6.45, 7) is 5.43. The topological polar surface area (TPSA) is 118 Å². The number of hydrogen-bond donors (Lipinski definition) is 5. The Morgan fingerprint density at radius 1 is 1.00 bits per heavy atom. The van der Waals surface area contributed by atoms with Crippen molar-refractivity contribution in [2.24, 2.45) is 0 Å². The largest absolute Gasteiger partial charge is 0.508 e. The van der Waals surface area contributed by atoms with Crippen LogP contribution in [0.15, 0.2) is 24.3 Å². The minimum absolute atomic E-state index is 0.125. The molecule has 0 amide bonds. The molecule has 0 fully saturated rings. The molecule has 1 aromatic carbocycles. The number of phenols is 1. The van der Waals surface area contributed by atoms with Crippen LogP contribution in [-0.4, -0.2) is 51.3 Å². The van der Waals surface area contributed by atoms with E-state index in [1.165, 1.54) is 5.56 Å². The number of phenolic OH excluding ortho intramolecular Hbond substituents is 1. The van der Waals surface area contributed by atoms with Gasteiger partial charge in [-0.3, -0.25) is 0 Å². The number of carbonyl (C=O) groups is 1. The number of aliphatic hydroxyl groups is 3. The second-order valence-corrected chi connectivity index (χ2v) is 4.80. The van der Waals surface area contributed by atoms with Crippen LogP contribution in [0.5, 0.6) is 5.75 Å². The van der Waals surface area contributed by atoms with E-state index >= 15 is 0 Å². The van der Waals surface area contributed by atoms with Crippen molar-refractivity contribution in [2.45, 2.75) is 26.2 Å². The van der Waals surface area contributed by atoms with E-state index in [1.807, 2.05) is 12.1 Å². The second-order valence-electron chi connectivity index (χ2n) is 4.80. The van der Waals surface area contributed by atoms with Crippen molar-refractivity contribution in [1.82, 2.24) is 0 Å². The quantitative estimate of drug-likeness (QED) is 0.547. The van der Waals surface area contributed by atoms with Gasteiger partial charge in [0.2, 0.25) is 0 Å². The maximum absolute atomic E-state index is 9.12. The molecule has 0 aliphatic heterocycles. The zero-order valence-electron chi connectivity index (χ0n) is 12.1. The van der Waals surface area contributed by atoms with Gasteiger partial charge in [0.05, 0.1) is 13.2 Å². The number of aliphatic carboxylic acids is 1. The highest BCUT2D eigenvalue weighted by atomic mass is 16.4. The monoisotopic (exact) mass is 288 g/mol. The van der Waals surface area contributed by atoms with Gasteiger partial charge in [-0.15, -0.1) is 0 Å². The van der Waals surface area contributed by atoms with Gasteiger partial charge in [-0.25, -0.2) is 4.79 Å². The summed E-state index contributed by atoms with van der Waals surface area (Å²) in [6.07, 6.45) is 0. The molecule has 0 atom stereocenters. The van der Waals surface area contributed by atoms with Crippen LogP contribution < -0.4 is 0 Å². The summed E-state index contributed by atoms with van der Waals surface area (Å²) in [5.41, 5.74) is 1.42. The van der Waals surface area contributed by atoms with Crippen molar-refractivity contribution >= 4 is 5.97 Å². The minimum Gasteiger partial charge on any atom is -0.508 e. The molecule has 0 aliphatic rings. The number of carboxylic acids is 1. The van der Waals surface area contributed by atoms with Gasteiger partial charge in [0.25, 0.3) is 0 Å². The van der Waals surface area contributed by atoms with Crippen LogP contribution in [0.2, 0.25) is 0 Å². The van der Waals surface area contributed by atoms with Crippen molar-refractivity contribution in [3.05, 3.63) is 29.8 Å². The Balaban J connectivity index is 0. The Hall–Kier alpha value is -1.63.